The average Bonchev–Trinajstić information content (AvgIpc) is 2.69. The molecule has 0 atom stereocenters. The first-order valence-electron chi connectivity index (χ1n) is 6.34. The smallest absolute Gasteiger partial charge is 0.354 e. The summed E-state index contributed by atoms with van der Waals surface area (Å²) in [6.07, 6.45) is 0. The second kappa shape index (κ2) is 4.33. The van der Waals surface area contributed by atoms with Crippen LogP contribution in [0.3, 0.4) is 0 Å². The molecule has 0 unspecified atom stereocenters. The second-order valence-corrected chi connectivity index (χ2v) is 6.08. The van der Waals surface area contributed by atoms with Crippen LogP contribution in [0.1, 0.15) is 62.4 Å². The van der Waals surface area contributed by atoms with Crippen molar-refractivity contribution in [2.75, 3.05) is 0 Å². The SMILES string of the molecule is CC(C)c1cc2nc(C(C)(C)C)cc(C(=O)O)n2n1. The zero-order valence-corrected chi connectivity index (χ0v) is 11.9. The molecule has 0 aliphatic carbocycles. The van der Waals surface area contributed by atoms with Crippen LogP contribution in [-0.2, 0) is 5.41 Å². The molecule has 2 aromatic rings. The maximum absolute atomic E-state index is 11.4. The maximum atomic E-state index is 11.4. The predicted octanol–water partition coefficient (Wildman–Crippen LogP) is 2.85. The molecule has 5 heteroatoms. The molecule has 5 nitrogen and oxygen atoms in total. The third kappa shape index (κ3) is 2.45. The minimum absolute atomic E-state index is 0.154. The average molecular weight is 261 g/mol. The highest BCUT2D eigenvalue weighted by molar-refractivity contribution is 5.86. The van der Waals surface area contributed by atoms with E-state index in [2.05, 4.69) is 10.1 Å². The molecule has 0 radical (unpaired) electrons. The van der Waals surface area contributed by atoms with Crippen LogP contribution < -0.4 is 0 Å². The molecule has 0 fully saturated rings. The monoisotopic (exact) mass is 261 g/mol. The standard InChI is InChI=1S/C14H19N3O2/c1-8(2)9-6-12-15-11(14(3,4)5)7-10(13(18)19)17(12)16-9/h6-8H,1-5H3,(H,18,19). The fourth-order valence-corrected chi connectivity index (χ4v) is 1.81. The fraction of sp³-hybridized carbons (Fsp3) is 0.500. The Labute approximate surface area is 112 Å². The number of carboxylic acid groups (broad SMARTS) is 1. The van der Waals surface area contributed by atoms with Gasteiger partial charge < -0.3 is 5.11 Å². The molecule has 102 valence electrons. The van der Waals surface area contributed by atoms with Crippen LogP contribution in [0, 0.1) is 0 Å². The van der Waals surface area contributed by atoms with Crippen molar-refractivity contribution in [2.45, 2.75) is 46.0 Å². The zero-order valence-electron chi connectivity index (χ0n) is 11.9. The summed E-state index contributed by atoms with van der Waals surface area (Å²) >= 11 is 0. The molecule has 0 aliphatic rings. The van der Waals surface area contributed by atoms with Gasteiger partial charge in [-0.25, -0.2) is 14.3 Å². The Hall–Kier alpha value is -1.91. The summed E-state index contributed by atoms with van der Waals surface area (Å²) in [5.74, 6) is -0.752. The van der Waals surface area contributed by atoms with Crippen LogP contribution in [0.25, 0.3) is 5.65 Å². The number of hydrogen-bond acceptors (Lipinski definition) is 3. The van der Waals surface area contributed by atoms with Crippen molar-refractivity contribution in [3.8, 4) is 0 Å². The highest BCUT2D eigenvalue weighted by Crippen LogP contribution is 2.23. The summed E-state index contributed by atoms with van der Waals surface area (Å²) in [6, 6.07) is 3.46. The van der Waals surface area contributed by atoms with E-state index in [1.54, 1.807) is 6.07 Å². The van der Waals surface area contributed by atoms with Crippen LogP contribution in [0.2, 0.25) is 0 Å². The quantitative estimate of drug-likeness (QED) is 0.902. The Balaban J connectivity index is 2.76. The van der Waals surface area contributed by atoms with Crippen LogP contribution in [-0.4, -0.2) is 25.7 Å². The first-order chi connectivity index (χ1) is 8.70. The molecule has 2 aromatic heterocycles. The molecule has 0 amide bonds. The lowest BCUT2D eigenvalue weighted by Crippen LogP contribution is -2.17. The molecule has 2 heterocycles. The van der Waals surface area contributed by atoms with E-state index in [9.17, 15) is 9.90 Å². The van der Waals surface area contributed by atoms with E-state index in [4.69, 9.17) is 0 Å². The van der Waals surface area contributed by atoms with E-state index in [-0.39, 0.29) is 17.0 Å². The molecule has 1 N–H and O–H groups in total. The fourth-order valence-electron chi connectivity index (χ4n) is 1.81. The largest absolute Gasteiger partial charge is 0.477 e. The molecule has 0 aromatic carbocycles. The van der Waals surface area contributed by atoms with Crippen molar-refractivity contribution in [1.29, 1.82) is 0 Å². The van der Waals surface area contributed by atoms with Gasteiger partial charge in [-0.1, -0.05) is 34.6 Å². The topological polar surface area (TPSA) is 67.5 Å². The summed E-state index contributed by atoms with van der Waals surface area (Å²) in [7, 11) is 0. The van der Waals surface area contributed by atoms with Crippen molar-refractivity contribution in [3.63, 3.8) is 0 Å². The van der Waals surface area contributed by atoms with Gasteiger partial charge in [0.1, 0.15) is 0 Å². The van der Waals surface area contributed by atoms with Gasteiger partial charge in [0.25, 0.3) is 0 Å². The van der Waals surface area contributed by atoms with E-state index in [0.29, 0.717) is 5.65 Å². The number of carbonyl (C=O) groups is 1. The van der Waals surface area contributed by atoms with Gasteiger partial charge in [0.05, 0.1) is 11.4 Å². The number of carboxylic acids is 1. The molecule has 0 aliphatic heterocycles. The number of aromatic carboxylic acids is 1. The van der Waals surface area contributed by atoms with Crippen LogP contribution in [0.5, 0.6) is 0 Å². The van der Waals surface area contributed by atoms with Gasteiger partial charge in [0, 0.05) is 11.5 Å². The Bertz CT molecular complexity index is 636. The van der Waals surface area contributed by atoms with Crippen molar-refractivity contribution < 1.29 is 9.90 Å². The van der Waals surface area contributed by atoms with Crippen molar-refractivity contribution in [1.82, 2.24) is 14.6 Å². The molecule has 2 rings (SSSR count). The lowest BCUT2D eigenvalue weighted by Gasteiger charge is -2.18. The van der Waals surface area contributed by atoms with Gasteiger partial charge in [-0.15, -0.1) is 0 Å². The number of fused-ring (bicyclic) bond motifs is 1. The number of aromatic nitrogens is 3. The molecule has 0 bridgehead atoms. The lowest BCUT2D eigenvalue weighted by molar-refractivity contribution is 0.0687. The summed E-state index contributed by atoms with van der Waals surface area (Å²) in [6.45, 7) is 10.1. The van der Waals surface area contributed by atoms with Gasteiger partial charge >= 0.3 is 5.97 Å². The van der Waals surface area contributed by atoms with Gasteiger partial charge in [-0.05, 0) is 12.0 Å². The lowest BCUT2D eigenvalue weighted by atomic mass is 9.91. The molecule has 0 spiro atoms. The van der Waals surface area contributed by atoms with E-state index < -0.39 is 5.97 Å². The van der Waals surface area contributed by atoms with Crippen molar-refractivity contribution in [3.05, 3.63) is 29.2 Å². The number of rotatable bonds is 2. The van der Waals surface area contributed by atoms with Gasteiger partial charge in [-0.2, -0.15) is 5.10 Å². The first-order valence-corrected chi connectivity index (χ1v) is 6.34. The highest BCUT2D eigenvalue weighted by atomic mass is 16.4. The van der Waals surface area contributed by atoms with Crippen LogP contribution >= 0.6 is 0 Å². The molecular weight excluding hydrogens is 242 g/mol. The Morgan fingerprint density at radius 2 is 1.95 bits per heavy atom. The van der Waals surface area contributed by atoms with Crippen molar-refractivity contribution in [2.24, 2.45) is 0 Å². The summed E-state index contributed by atoms with van der Waals surface area (Å²) in [5.41, 5.74) is 2.15. The number of hydrogen-bond donors (Lipinski definition) is 1. The normalized spacial score (nSPS) is 12.3. The summed E-state index contributed by atoms with van der Waals surface area (Å²) in [4.78, 5) is 15.9. The first kappa shape index (κ1) is 13.5. The van der Waals surface area contributed by atoms with Gasteiger partial charge in [-0.3, -0.25) is 0 Å². The maximum Gasteiger partial charge on any atom is 0.354 e. The van der Waals surface area contributed by atoms with E-state index in [1.807, 2.05) is 40.7 Å². The Morgan fingerprint density at radius 3 is 2.42 bits per heavy atom. The minimum atomic E-state index is -0.990. The third-order valence-corrected chi connectivity index (χ3v) is 3.03. The number of nitrogens with zero attached hydrogens (tertiary/aromatic N) is 3. The Morgan fingerprint density at radius 1 is 1.32 bits per heavy atom. The van der Waals surface area contributed by atoms with Gasteiger partial charge in [0.2, 0.25) is 0 Å². The van der Waals surface area contributed by atoms with E-state index >= 15 is 0 Å². The second-order valence-electron chi connectivity index (χ2n) is 6.08. The molecular formula is C14H19N3O2. The molecule has 0 saturated carbocycles. The van der Waals surface area contributed by atoms with Crippen molar-refractivity contribution >= 4 is 11.6 Å². The highest BCUT2D eigenvalue weighted by Gasteiger charge is 2.22. The van der Waals surface area contributed by atoms with Gasteiger partial charge in [0.15, 0.2) is 11.3 Å². The summed E-state index contributed by atoms with van der Waals surface area (Å²) < 4.78 is 1.41. The van der Waals surface area contributed by atoms with E-state index in [1.165, 1.54) is 4.52 Å². The molecule has 0 saturated heterocycles. The Kier molecular flexibility index (Phi) is 3.08. The summed E-state index contributed by atoms with van der Waals surface area (Å²) in [5, 5.41) is 13.7. The van der Waals surface area contributed by atoms with Crippen LogP contribution in [0.15, 0.2) is 12.1 Å². The molecule has 19 heavy (non-hydrogen) atoms. The third-order valence-electron chi connectivity index (χ3n) is 3.03. The predicted molar refractivity (Wildman–Crippen MR) is 72.7 cm³/mol. The zero-order chi connectivity index (χ0) is 14.4. The minimum Gasteiger partial charge on any atom is -0.477 e. The van der Waals surface area contributed by atoms with Crippen LogP contribution in [0.4, 0.5) is 0 Å². The van der Waals surface area contributed by atoms with E-state index in [0.717, 1.165) is 11.4 Å².